The second-order valence-corrected chi connectivity index (χ2v) is 7.83. The molecule has 2 fully saturated rings. The number of aryl methyl sites for hydroxylation is 1. The van der Waals surface area contributed by atoms with E-state index in [0.29, 0.717) is 12.3 Å². The molecule has 0 bridgehead atoms. The van der Waals surface area contributed by atoms with Gasteiger partial charge in [-0.3, -0.25) is 4.79 Å². The van der Waals surface area contributed by atoms with Gasteiger partial charge in [-0.25, -0.2) is 0 Å². The summed E-state index contributed by atoms with van der Waals surface area (Å²) in [5.74, 6) is 0.404. The second-order valence-electron chi connectivity index (χ2n) is 7.83. The van der Waals surface area contributed by atoms with Gasteiger partial charge in [0, 0.05) is 18.5 Å². The predicted molar refractivity (Wildman–Crippen MR) is 94.3 cm³/mol. The Kier molecular flexibility index (Phi) is 5.51. The molecule has 1 N–H and O–H groups in total. The zero-order chi connectivity index (χ0) is 18.9. The van der Waals surface area contributed by atoms with Crippen molar-refractivity contribution < 1.29 is 23.4 Å². The molecule has 144 valence electrons. The zero-order valence-corrected chi connectivity index (χ0v) is 15.4. The first-order valence-corrected chi connectivity index (χ1v) is 9.32. The Labute approximate surface area is 153 Å². The van der Waals surface area contributed by atoms with E-state index in [9.17, 15) is 18.7 Å². The number of nitrogens with zero attached hydrogens (tertiary/aromatic N) is 1. The van der Waals surface area contributed by atoms with E-state index in [2.05, 4.69) is 4.74 Å². The normalized spacial score (nSPS) is 22.5. The van der Waals surface area contributed by atoms with Crippen molar-refractivity contribution in [1.29, 1.82) is 0 Å². The van der Waals surface area contributed by atoms with Gasteiger partial charge in [0.25, 0.3) is 0 Å². The minimum atomic E-state index is -2.81. The Balaban J connectivity index is 1.60. The van der Waals surface area contributed by atoms with E-state index < -0.39 is 6.61 Å². The molecule has 4 nitrogen and oxygen atoms in total. The average molecular weight is 367 g/mol. The number of amides is 1. The average Bonchev–Trinajstić information content (AvgIpc) is 3.01. The number of carbonyl (C=O) groups is 1. The van der Waals surface area contributed by atoms with Crippen LogP contribution in [0.3, 0.4) is 0 Å². The fraction of sp³-hybridized carbons (Fsp3) is 0.650. The van der Waals surface area contributed by atoms with E-state index in [1.54, 1.807) is 13.0 Å². The number of alkyl halides is 2. The molecule has 1 aliphatic carbocycles. The van der Waals surface area contributed by atoms with Crippen LogP contribution in [0.5, 0.6) is 5.75 Å². The molecule has 1 amide bonds. The molecular formula is C20H27F2NO3. The van der Waals surface area contributed by atoms with Gasteiger partial charge in [-0.1, -0.05) is 19.1 Å². The number of rotatable bonds is 6. The second kappa shape index (κ2) is 7.51. The zero-order valence-electron chi connectivity index (χ0n) is 15.4. The number of hydrogen-bond donors (Lipinski definition) is 1. The smallest absolute Gasteiger partial charge is 0.387 e. The Morgan fingerprint density at radius 2 is 2.15 bits per heavy atom. The lowest BCUT2D eigenvalue weighted by atomic mass is 9.76. The number of hydrogen-bond acceptors (Lipinski definition) is 3. The fourth-order valence-corrected chi connectivity index (χ4v) is 4.49. The number of aliphatic hydroxyl groups is 1. The van der Waals surface area contributed by atoms with Crippen molar-refractivity contribution in [1.82, 2.24) is 4.90 Å². The van der Waals surface area contributed by atoms with Gasteiger partial charge in [-0.05, 0) is 55.7 Å². The third-order valence-corrected chi connectivity index (χ3v) is 6.02. The molecule has 0 radical (unpaired) electrons. The lowest BCUT2D eigenvalue weighted by Gasteiger charge is -2.49. The Hall–Kier alpha value is -1.69. The topological polar surface area (TPSA) is 49.8 Å². The highest BCUT2D eigenvalue weighted by molar-refractivity contribution is 5.80. The minimum Gasteiger partial charge on any atom is -0.435 e. The van der Waals surface area contributed by atoms with E-state index in [-0.39, 0.29) is 29.6 Å². The quantitative estimate of drug-likeness (QED) is 0.834. The first-order chi connectivity index (χ1) is 12.4. The summed E-state index contributed by atoms with van der Waals surface area (Å²) in [7, 11) is 0. The summed E-state index contributed by atoms with van der Waals surface area (Å²) in [5, 5.41) is 9.31. The summed E-state index contributed by atoms with van der Waals surface area (Å²) in [5.41, 5.74) is 2.07. The number of likely N-dealkylation sites (tertiary alicyclic amines) is 1. The number of ether oxygens (including phenoxy) is 1. The molecular weight excluding hydrogens is 340 g/mol. The standard InChI is InChI=1S/C20H27F2NO3/c1-3-14(10-24)18(25)23-11-20(12-23)7-6-16(9-20)15-4-5-17(13(2)8-15)26-19(21)22/h4-5,8,14,16,19,24H,3,6-7,9-12H2,1-2H3/t14-,16-/m1/s1. The molecule has 1 heterocycles. The van der Waals surface area contributed by atoms with Crippen LogP contribution in [-0.2, 0) is 4.79 Å². The van der Waals surface area contributed by atoms with Crippen LogP contribution in [0.4, 0.5) is 8.78 Å². The summed E-state index contributed by atoms with van der Waals surface area (Å²) in [4.78, 5) is 14.2. The molecule has 3 rings (SSSR count). The first kappa shape index (κ1) is 19.1. The maximum absolute atomic E-state index is 12.4. The summed E-state index contributed by atoms with van der Waals surface area (Å²) >= 11 is 0. The third kappa shape index (κ3) is 3.70. The van der Waals surface area contributed by atoms with Crippen molar-refractivity contribution in [3.05, 3.63) is 29.3 Å². The van der Waals surface area contributed by atoms with Crippen LogP contribution in [0.1, 0.15) is 49.7 Å². The maximum Gasteiger partial charge on any atom is 0.387 e. The molecule has 0 unspecified atom stereocenters. The van der Waals surface area contributed by atoms with E-state index >= 15 is 0 Å². The van der Waals surface area contributed by atoms with E-state index in [1.165, 1.54) is 0 Å². The molecule has 26 heavy (non-hydrogen) atoms. The van der Waals surface area contributed by atoms with Gasteiger partial charge in [0.05, 0.1) is 12.5 Å². The number of aliphatic hydroxyl groups excluding tert-OH is 1. The molecule has 6 heteroatoms. The Morgan fingerprint density at radius 3 is 2.73 bits per heavy atom. The lowest BCUT2D eigenvalue weighted by molar-refractivity contribution is -0.149. The summed E-state index contributed by atoms with van der Waals surface area (Å²) in [6, 6.07) is 5.46. The number of carbonyl (C=O) groups excluding carboxylic acids is 1. The van der Waals surface area contributed by atoms with Crippen LogP contribution in [0.2, 0.25) is 0 Å². The van der Waals surface area contributed by atoms with Gasteiger partial charge in [0.2, 0.25) is 5.91 Å². The van der Waals surface area contributed by atoms with Crippen LogP contribution in [0, 0.1) is 18.3 Å². The van der Waals surface area contributed by atoms with E-state index in [1.807, 2.05) is 24.0 Å². The van der Waals surface area contributed by atoms with Crippen molar-refractivity contribution >= 4 is 5.91 Å². The fourth-order valence-electron chi connectivity index (χ4n) is 4.49. The summed E-state index contributed by atoms with van der Waals surface area (Å²) in [6.45, 7) is 2.35. The van der Waals surface area contributed by atoms with Crippen molar-refractivity contribution in [2.45, 2.75) is 52.1 Å². The lowest BCUT2D eigenvalue weighted by Crippen LogP contribution is -2.58. The number of benzene rings is 1. The molecule has 1 aliphatic heterocycles. The van der Waals surface area contributed by atoms with Crippen molar-refractivity contribution in [3.8, 4) is 5.75 Å². The van der Waals surface area contributed by atoms with Gasteiger partial charge >= 0.3 is 6.61 Å². The first-order valence-electron chi connectivity index (χ1n) is 9.32. The molecule has 1 spiro atoms. The molecule has 1 aromatic carbocycles. The van der Waals surface area contributed by atoms with Crippen LogP contribution in [-0.4, -0.2) is 42.2 Å². The summed E-state index contributed by atoms with van der Waals surface area (Å²) in [6.07, 6.45) is 3.80. The van der Waals surface area contributed by atoms with E-state index in [4.69, 9.17) is 0 Å². The molecule has 2 aliphatic rings. The maximum atomic E-state index is 12.4. The van der Waals surface area contributed by atoms with Gasteiger partial charge in [-0.15, -0.1) is 0 Å². The van der Waals surface area contributed by atoms with Gasteiger partial charge in [0.1, 0.15) is 5.75 Å². The van der Waals surface area contributed by atoms with Crippen LogP contribution in [0.15, 0.2) is 18.2 Å². The van der Waals surface area contributed by atoms with Gasteiger partial charge < -0.3 is 14.7 Å². The highest BCUT2D eigenvalue weighted by Crippen LogP contribution is 2.52. The van der Waals surface area contributed by atoms with Crippen molar-refractivity contribution in [2.24, 2.45) is 11.3 Å². The molecule has 2 atom stereocenters. The van der Waals surface area contributed by atoms with Crippen LogP contribution in [0.25, 0.3) is 0 Å². The minimum absolute atomic E-state index is 0.0634. The SMILES string of the molecule is CC[C@H](CO)C(=O)N1CC2(CC[C@@H](c3ccc(OC(F)F)c(C)c3)C2)C1. The van der Waals surface area contributed by atoms with Crippen LogP contribution < -0.4 is 4.74 Å². The van der Waals surface area contributed by atoms with Gasteiger partial charge in [-0.2, -0.15) is 8.78 Å². The predicted octanol–water partition coefficient (Wildman–Crippen LogP) is 3.71. The molecule has 1 saturated carbocycles. The Bertz CT molecular complexity index is 654. The highest BCUT2D eigenvalue weighted by Gasteiger charge is 2.50. The van der Waals surface area contributed by atoms with Crippen LogP contribution >= 0.6 is 0 Å². The molecule has 0 aromatic heterocycles. The van der Waals surface area contributed by atoms with Crippen molar-refractivity contribution in [2.75, 3.05) is 19.7 Å². The Morgan fingerprint density at radius 1 is 1.42 bits per heavy atom. The molecule has 1 saturated heterocycles. The monoisotopic (exact) mass is 367 g/mol. The number of halogens is 2. The third-order valence-electron chi connectivity index (χ3n) is 6.02. The molecule has 1 aromatic rings. The van der Waals surface area contributed by atoms with Crippen molar-refractivity contribution in [3.63, 3.8) is 0 Å². The highest BCUT2D eigenvalue weighted by atomic mass is 19.3. The largest absolute Gasteiger partial charge is 0.435 e. The van der Waals surface area contributed by atoms with E-state index in [0.717, 1.165) is 43.5 Å². The van der Waals surface area contributed by atoms with Gasteiger partial charge in [0.15, 0.2) is 0 Å². The summed E-state index contributed by atoms with van der Waals surface area (Å²) < 4.78 is 29.3.